The number of hydrogen-bond acceptors (Lipinski definition) is 15. The van der Waals surface area contributed by atoms with Crippen molar-refractivity contribution in [2.45, 2.75) is 0 Å². The van der Waals surface area contributed by atoms with Crippen molar-refractivity contribution in [3.05, 3.63) is 0 Å². The maximum Gasteiger partial charge on any atom is 2.00 e. The van der Waals surface area contributed by atoms with E-state index in [1.165, 1.54) is 0 Å². The van der Waals surface area contributed by atoms with Crippen LogP contribution in [0.4, 0.5) is 0 Å². The third kappa shape index (κ3) is 8800. The summed E-state index contributed by atoms with van der Waals surface area (Å²) in [6, 6.07) is 0. The van der Waals surface area contributed by atoms with Crippen molar-refractivity contribution in [1.82, 2.24) is 0 Å². The molecule has 30 heavy (non-hydrogen) atoms. The molecular weight excluding hydrogens is 485 g/mol. The van der Waals surface area contributed by atoms with E-state index in [0.29, 0.717) is 0 Å². The fourth-order valence-electron chi connectivity index (χ4n) is 0. The van der Waals surface area contributed by atoms with E-state index in [-0.39, 0.29) is 111 Å². The van der Waals surface area contributed by atoms with Crippen LogP contribution < -0.4 is 44.6 Å². The minimum atomic E-state index is -2.92. The smallest absolute Gasteiger partial charge is 0.907 e. The van der Waals surface area contributed by atoms with Crippen LogP contribution in [-0.2, 0) is 0 Å². The van der Waals surface area contributed by atoms with Gasteiger partial charge in [0.05, 0.1) is 0 Å². The molecule has 0 amide bonds. The molecule has 30 heteroatoms. The van der Waals surface area contributed by atoms with Crippen molar-refractivity contribution in [2.75, 3.05) is 0 Å². The monoisotopic (exact) mass is 514 g/mol. The predicted octanol–water partition coefficient (Wildman–Crippen LogP) is -22.1. The van der Waals surface area contributed by atoms with Gasteiger partial charge in [0.15, 0.2) is 0 Å². The van der Waals surface area contributed by atoms with Gasteiger partial charge in [-0.1, -0.05) is 0 Å². The molecule has 0 heterocycles. The molecule has 23 nitrogen and oxygen atoms in total. The van der Waals surface area contributed by atoms with Crippen LogP contribution in [0, 0.1) is 0 Å². The molecular formula is H28B5CaNaO23. The largest absolute Gasteiger partial charge is 2.00 e. The molecule has 0 radical (unpaired) electrons. The molecule has 0 aliphatic rings. The van der Waals surface area contributed by atoms with Crippen LogP contribution >= 0.6 is 0 Å². The van der Waals surface area contributed by atoms with Crippen LogP contribution in [0.2, 0.25) is 0 Å². The molecule has 0 saturated heterocycles. The van der Waals surface area contributed by atoms with E-state index in [9.17, 15) is 0 Å². The summed E-state index contributed by atoms with van der Waals surface area (Å²) in [5, 5.41) is 111. The van der Waals surface area contributed by atoms with Gasteiger partial charge in [0.25, 0.3) is 0 Å². The van der Waals surface area contributed by atoms with Gasteiger partial charge in [0.1, 0.15) is 0 Å². The van der Waals surface area contributed by atoms with Gasteiger partial charge < -0.3 is 119 Å². The van der Waals surface area contributed by atoms with E-state index in [2.05, 4.69) is 0 Å². The molecule has 28 N–H and O–H groups in total. The maximum atomic E-state index is 8.42. The third-order valence-corrected chi connectivity index (χ3v) is 0. The summed E-state index contributed by atoms with van der Waals surface area (Å²) in [5.41, 5.74) is 0. The van der Waals surface area contributed by atoms with E-state index in [1.807, 2.05) is 0 Å². The summed E-state index contributed by atoms with van der Waals surface area (Å²) in [6.07, 6.45) is 0. The van der Waals surface area contributed by atoms with Crippen LogP contribution in [0.25, 0.3) is 0 Å². The van der Waals surface area contributed by atoms with E-state index in [0.717, 1.165) is 0 Å². The Kier molecular flexibility index (Phi) is 347. The summed E-state index contributed by atoms with van der Waals surface area (Å²) >= 11 is 0. The normalized spacial score (nSPS) is 4.50. The van der Waals surface area contributed by atoms with Crippen molar-refractivity contribution in [2.24, 2.45) is 0 Å². The molecule has 0 aromatic rings. The Balaban J connectivity index is -0.00000000666. The average Bonchev–Trinajstić information content (AvgIpc) is 1.94. The van der Waals surface area contributed by atoms with Gasteiger partial charge in [-0.25, -0.2) is 0 Å². The quantitative estimate of drug-likeness (QED) is 0.134. The first-order valence-corrected chi connectivity index (χ1v) is 3.81. The fraction of sp³-hybridized carbons (Fsp3) is 0. The standard InChI is InChI=1S/4BH3O3.BO3.Ca.Na.8H2O/c5*2-1(3)4;;;;;;;;;;/h4*2-4H;;;;8*1H2/q;;;;-3;+2;+1;;;;;;;;. The second-order valence-electron chi connectivity index (χ2n) is 1.67. The second kappa shape index (κ2) is 97.2. The zero-order valence-corrected chi connectivity index (χ0v) is 19.4. The van der Waals surface area contributed by atoms with Crippen LogP contribution in [-0.4, -0.2) is 178 Å². The molecule has 184 valence electrons. The molecule has 0 atom stereocenters. The Bertz CT molecular complexity index is 90.2. The first-order valence-electron chi connectivity index (χ1n) is 3.81. The van der Waals surface area contributed by atoms with Crippen LogP contribution in [0.1, 0.15) is 0 Å². The van der Waals surface area contributed by atoms with Crippen molar-refractivity contribution < 1.29 is 149 Å². The van der Waals surface area contributed by atoms with Gasteiger partial charge in [0.2, 0.25) is 0 Å². The van der Waals surface area contributed by atoms with Gasteiger partial charge in [-0.15, -0.1) is 0 Å². The molecule has 0 aliphatic carbocycles. The minimum Gasteiger partial charge on any atom is -0.907 e. The van der Waals surface area contributed by atoms with E-state index >= 15 is 0 Å². The zero-order valence-electron chi connectivity index (χ0n) is 15.2. The average molecular weight is 513 g/mol. The van der Waals surface area contributed by atoms with Crippen LogP contribution in [0.15, 0.2) is 0 Å². The Labute approximate surface area is 221 Å². The molecule has 0 fully saturated rings. The Morgan fingerprint density at radius 2 is 0.333 bits per heavy atom. The molecule has 0 aromatic carbocycles. The number of rotatable bonds is 0. The molecule has 0 bridgehead atoms. The SMILES string of the molecule is O.O.O.O.O.O.O.O.OB(O)O.OB(O)O.OB(O)O.OB(O)O.[Ca+2].[Na+].[O-]B([O-])[O-]. The van der Waals surface area contributed by atoms with E-state index < -0.39 is 36.6 Å². The van der Waals surface area contributed by atoms with Gasteiger partial charge in [0, 0.05) is 0 Å². The summed E-state index contributed by atoms with van der Waals surface area (Å²) in [7, 11) is -11.6. The van der Waals surface area contributed by atoms with Crippen molar-refractivity contribution in [1.29, 1.82) is 0 Å². The summed E-state index contributed by atoms with van der Waals surface area (Å²) in [4.78, 5) is 0. The zero-order chi connectivity index (χ0) is 17.9. The topological polar surface area (TPSA) is 564 Å². The van der Waals surface area contributed by atoms with Gasteiger partial charge in [-0.05, 0) is 0 Å². The van der Waals surface area contributed by atoms with Gasteiger partial charge in [-0.2, -0.15) is 0 Å². The summed E-state index contributed by atoms with van der Waals surface area (Å²) in [5.74, 6) is 0. The summed E-state index contributed by atoms with van der Waals surface area (Å²) in [6.45, 7) is 0. The molecule has 0 aliphatic heterocycles. The Morgan fingerprint density at radius 3 is 0.333 bits per heavy atom. The first kappa shape index (κ1) is 107. The maximum absolute atomic E-state index is 8.42. The van der Waals surface area contributed by atoms with E-state index in [4.69, 9.17) is 75.4 Å². The second-order valence-corrected chi connectivity index (χ2v) is 1.67. The van der Waals surface area contributed by atoms with Crippen LogP contribution in [0.3, 0.4) is 0 Å². The Hall–Kier alpha value is 1.66. The minimum absolute atomic E-state index is 0. The van der Waals surface area contributed by atoms with Crippen molar-refractivity contribution in [3.8, 4) is 0 Å². The molecule has 0 unspecified atom stereocenters. The van der Waals surface area contributed by atoms with Crippen molar-refractivity contribution >= 4 is 74.3 Å². The third-order valence-electron chi connectivity index (χ3n) is 0. The molecule has 0 rings (SSSR count). The van der Waals surface area contributed by atoms with Crippen molar-refractivity contribution in [3.63, 3.8) is 0 Å². The van der Waals surface area contributed by atoms with Gasteiger partial charge in [-0.3, -0.25) is 7.32 Å². The first-order chi connectivity index (χ1) is 8.66. The van der Waals surface area contributed by atoms with Gasteiger partial charge >= 0.3 is 96.6 Å². The summed E-state index contributed by atoms with van der Waals surface area (Å²) < 4.78 is 0. The molecule has 0 spiro atoms. The molecule has 0 aromatic heterocycles. The predicted molar refractivity (Wildman–Crippen MR) is 90.1 cm³/mol. The number of hydrogen-bond donors (Lipinski definition) is 12. The van der Waals surface area contributed by atoms with Crippen LogP contribution in [0.5, 0.6) is 0 Å². The molecule has 0 saturated carbocycles. The Morgan fingerprint density at radius 1 is 0.333 bits per heavy atom. The fourth-order valence-corrected chi connectivity index (χ4v) is 0. The van der Waals surface area contributed by atoms with E-state index in [1.54, 1.807) is 0 Å².